The van der Waals surface area contributed by atoms with Gasteiger partial charge in [-0.05, 0) is 43.3 Å². The van der Waals surface area contributed by atoms with Crippen LogP contribution in [0.15, 0.2) is 77.1 Å². The SMILES string of the molecule is COC(=O)C1=C(C)N=C2SCCC(=O)N2[C@@H]1c1cn(-c2ccccc2)nc1-c1ccc(OC)cc1. The smallest absolute Gasteiger partial charge is 0.338 e. The van der Waals surface area contributed by atoms with Gasteiger partial charge in [0.15, 0.2) is 5.17 Å². The van der Waals surface area contributed by atoms with Gasteiger partial charge in [0.1, 0.15) is 11.8 Å². The van der Waals surface area contributed by atoms with E-state index in [-0.39, 0.29) is 5.91 Å². The summed E-state index contributed by atoms with van der Waals surface area (Å²) in [5, 5.41) is 5.49. The molecule has 0 aliphatic carbocycles. The van der Waals surface area contributed by atoms with Crippen molar-refractivity contribution < 1.29 is 19.1 Å². The highest BCUT2D eigenvalue weighted by Crippen LogP contribution is 2.43. The van der Waals surface area contributed by atoms with Crippen LogP contribution in [0.5, 0.6) is 5.75 Å². The van der Waals surface area contributed by atoms with Crippen LogP contribution in [-0.2, 0) is 14.3 Å². The number of methoxy groups -OCH3 is 2. The van der Waals surface area contributed by atoms with Crippen LogP contribution in [0.2, 0.25) is 0 Å². The fourth-order valence-corrected chi connectivity index (χ4v) is 5.34. The van der Waals surface area contributed by atoms with Crippen molar-refractivity contribution in [2.75, 3.05) is 20.0 Å². The van der Waals surface area contributed by atoms with Crippen molar-refractivity contribution in [2.45, 2.75) is 19.4 Å². The monoisotopic (exact) mass is 488 g/mol. The molecule has 1 fully saturated rings. The molecule has 0 bridgehead atoms. The molecule has 1 saturated heterocycles. The molecule has 0 unspecified atom stereocenters. The molecule has 3 heterocycles. The third-order valence-electron chi connectivity index (χ3n) is 6.03. The topological polar surface area (TPSA) is 86.0 Å². The maximum atomic E-state index is 13.2. The summed E-state index contributed by atoms with van der Waals surface area (Å²) in [4.78, 5) is 32.4. The van der Waals surface area contributed by atoms with Crippen LogP contribution >= 0.6 is 11.8 Å². The number of benzene rings is 2. The molecule has 1 amide bonds. The van der Waals surface area contributed by atoms with E-state index >= 15 is 0 Å². The maximum Gasteiger partial charge on any atom is 0.338 e. The second-order valence-corrected chi connectivity index (χ2v) is 9.15. The van der Waals surface area contributed by atoms with Crippen molar-refractivity contribution in [2.24, 2.45) is 4.99 Å². The lowest BCUT2D eigenvalue weighted by molar-refractivity contribution is -0.137. The minimum absolute atomic E-state index is 0.0884. The van der Waals surface area contributed by atoms with Gasteiger partial charge in [0.25, 0.3) is 0 Å². The number of hydrogen-bond donors (Lipinski definition) is 0. The predicted octanol–water partition coefficient (Wildman–Crippen LogP) is 4.37. The number of thioether (sulfide) groups is 1. The summed E-state index contributed by atoms with van der Waals surface area (Å²) in [6.07, 6.45) is 2.24. The number of aromatic nitrogens is 2. The first kappa shape index (κ1) is 22.9. The Labute approximate surface area is 207 Å². The zero-order valence-corrected chi connectivity index (χ0v) is 20.4. The summed E-state index contributed by atoms with van der Waals surface area (Å²) >= 11 is 1.51. The zero-order valence-electron chi connectivity index (χ0n) is 19.6. The molecule has 2 aliphatic rings. The van der Waals surface area contributed by atoms with Crippen molar-refractivity contribution >= 4 is 28.8 Å². The number of fused-ring (bicyclic) bond motifs is 1. The largest absolute Gasteiger partial charge is 0.497 e. The first-order chi connectivity index (χ1) is 17.0. The number of para-hydroxylation sites is 1. The van der Waals surface area contributed by atoms with E-state index in [2.05, 4.69) is 4.99 Å². The van der Waals surface area contributed by atoms with Crippen molar-refractivity contribution in [3.8, 4) is 22.7 Å². The summed E-state index contributed by atoms with van der Waals surface area (Å²) in [7, 11) is 2.95. The molecule has 178 valence electrons. The molecular weight excluding hydrogens is 464 g/mol. The van der Waals surface area contributed by atoms with E-state index < -0.39 is 12.0 Å². The van der Waals surface area contributed by atoms with E-state index in [1.165, 1.54) is 18.9 Å². The van der Waals surface area contributed by atoms with Gasteiger partial charge in [0, 0.05) is 29.5 Å². The van der Waals surface area contributed by atoms with Crippen LogP contribution in [0, 0.1) is 0 Å². The molecule has 1 atom stereocenters. The van der Waals surface area contributed by atoms with Gasteiger partial charge in [-0.2, -0.15) is 5.10 Å². The van der Waals surface area contributed by atoms with Crippen LogP contribution in [0.4, 0.5) is 0 Å². The van der Waals surface area contributed by atoms with Gasteiger partial charge in [-0.25, -0.2) is 14.5 Å². The summed E-state index contributed by atoms with van der Waals surface area (Å²) in [5.41, 5.74) is 3.91. The number of hydrogen-bond acceptors (Lipinski definition) is 7. The van der Waals surface area contributed by atoms with Gasteiger partial charge in [0.05, 0.1) is 36.9 Å². The Balaban J connectivity index is 1.75. The third kappa shape index (κ3) is 4.12. The number of ether oxygens (including phenoxy) is 2. The quantitative estimate of drug-likeness (QED) is 0.496. The molecule has 35 heavy (non-hydrogen) atoms. The van der Waals surface area contributed by atoms with Crippen LogP contribution in [0.1, 0.15) is 24.9 Å². The van der Waals surface area contributed by atoms with Gasteiger partial charge in [-0.3, -0.25) is 9.69 Å². The van der Waals surface area contributed by atoms with E-state index in [1.54, 1.807) is 23.6 Å². The lowest BCUT2D eigenvalue weighted by Gasteiger charge is -2.38. The molecule has 0 radical (unpaired) electrons. The zero-order chi connectivity index (χ0) is 24.5. The Hall–Kier alpha value is -3.85. The lowest BCUT2D eigenvalue weighted by atomic mass is 9.92. The van der Waals surface area contributed by atoms with Gasteiger partial charge < -0.3 is 9.47 Å². The standard InChI is InChI=1S/C26H24N4O4S/c1-16-22(25(32)34-3)24(30-21(31)13-14-35-26(30)27-16)20-15-29(18-7-5-4-6-8-18)28-23(20)17-9-11-19(33-2)12-10-17/h4-12,15,24H,13-14H2,1-3H3/t24-/m1/s1. The summed E-state index contributed by atoms with van der Waals surface area (Å²) in [6.45, 7) is 1.78. The fourth-order valence-electron chi connectivity index (χ4n) is 4.34. The number of amidine groups is 1. The molecule has 9 heteroatoms. The lowest BCUT2D eigenvalue weighted by Crippen LogP contribution is -2.45. The summed E-state index contributed by atoms with van der Waals surface area (Å²) in [5.74, 6) is 0.760. The fraction of sp³-hybridized carbons (Fsp3) is 0.231. The van der Waals surface area contributed by atoms with Gasteiger partial charge in [0.2, 0.25) is 5.91 Å². The number of esters is 1. The number of nitrogens with zero attached hydrogens (tertiary/aromatic N) is 4. The van der Waals surface area contributed by atoms with E-state index in [4.69, 9.17) is 14.6 Å². The van der Waals surface area contributed by atoms with Crippen LogP contribution in [-0.4, -0.2) is 51.7 Å². The number of amides is 1. The van der Waals surface area contributed by atoms with Crippen LogP contribution < -0.4 is 4.74 Å². The van der Waals surface area contributed by atoms with Gasteiger partial charge in [-0.15, -0.1) is 0 Å². The van der Waals surface area contributed by atoms with Crippen LogP contribution in [0.25, 0.3) is 16.9 Å². The minimum atomic E-state index is -0.718. The molecule has 2 aromatic carbocycles. The molecule has 8 nitrogen and oxygen atoms in total. The van der Waals surface area contributed by atoms with Crippen molar-refractivity contribution in [3.05, 3.63) is 77.6 Å². The molecule has 2 aliphatic heterocycles. The number of carbonyl (C=O) groups excluding carboxylic acids is 2. The Morgan fingerprint density at radius 2 is 1.83 bits per heavy atom. The van der Waals surface area contributed by atoms with E-state index in [0.29, 0.717) is 39.9 Å². The number of rotatable bonds is 5. The van der Waals surface area contributed by atoms with E-state index in [0.717, 1.165) is 17.0 Å². The van der Waals surface area contributed by atoms with Gasteiger partial charge in [-0.1, -0.05) is 30.0 Å². The van der Waals surface area contributed by atoms with Gasteiger partial charge >= 0.3 is 5.97 Å². The number of aliphatic imine (C=N–C) groups is 1. The Kier molecular flexibility index (Phi) is 6.17. The van der Waals surface area contributed by atoms with Crippen molar-refractivity contribution in [1.29, 1.82) is 0 Å². The minimum Gasteiger partial charge on any atom is -0.497 e. The number of allylic oxidation sites excluding steroid dienone is 1. The molecule has 0 saturated carbocycles. The molecule has 5 rings (SSSR count). The highest BCUT2D eigenvalue weighted by atomic mass is 32.2. The van der Waals surface area contributed by atoms with Crippen LogP contribution in [0.3, 0.4) is 0 Å². The molecule has 0 N–H and O–H groups in total. The van der Waals surface area contributed by atoms with E-state index in [9.17, 15) is 9.59 Å². The highest BCUT2D eigenvalue weighted by Gasteiger charge is 2.43. The average molecular weight is 489 g/mol. The Morgan fingerprint density at radius 1 is 1.09 bits per heavy atom. The molecule has 3 aromatic rings. The predicted molar refractivity (Wildman–Crippen MR) is 134 cm³/mol. The second-order valence-electron chi connectivity index (χ2n) is 8.09. The third-order valence-corrected chi connectivity index (χ3v) is 6.99. The highest BCUT2D eigenvalue weighted by molar-refractivity contribution is 8.14. The van der Waals surface area contributed by atoms with Crippen molar-refractivity contribution in [3.63, 3.8) is 0 Å². The second kappa shape index (κ2) is 9.42. The molecular formula is C26H24N4O4S. The summed E-state index contributed by atoms with van der Waals surface area (Å²) in [6, 6.07) is 16.5. The normalized spacial score (nSPS) is 17.7. The molecule has 1 aromatic heterocycles. The Bertz CT molecular complexity index is 1350. The van der Waals surface area contributed by atoms with E-state index in [1.807, 2.05) is 60.8 Å². The van der Waals surface area contributed by atoms with Crippen molar-refractivity contribution in [1.82, 2.24) is 14.7 Å². The first-order valence-corrected chi connectivity index (χ1v) is 12.1. The molecule has 0 spiro atoms. The summed E-state index contributed by atoms with van der Waals surface area (Å²) < 4.78 is 12.2. The first-order valence-electron chi connectivity index (χ1n) is 11.1. The Morgan fingerprint density at radius 3 is 2.51 bits per heavy atom. The number of carbonyl (C=O) groups is 2. The maximum absolute atomic E-state index is 13.2. The average Bonchev–Trinajstić information content (AvgIpc) is 3.33.